The molecule has 216 valence electrons. The normalized spacial score (nSPS) is 13.4. The summed E-state index contributed by atoms with van der Waals surface area (Å²) >= 11 is 0. The van der Waals surface area contributed by atoms with E-state index in [1.807, 2.05) is 0 Å². The SMILES string of the molecule is FC(F)(F)c1ccc([P+](c2ccc(C(F)(F)F)cc2)(c2ccc(C(F)(F)F)cc2)c2ccc(C(F)(F)F)cc2)cc1. The van der Waals surface area contributed by atoms with E-state index in [1.165, 1.54) is 0 Å². The Morgan fingerprint density at radius 3 is 0.537 bits per heavy atom. The number of alkyl halides is 12. The molecule has 0 aliphatic carbocycles. The molecule has 0 aliphatic rings. The summed E-state index contributed by atoms with van der Waals surface area (Å²) in [5.41, 5.74) is -4.31. The Balaban J connectivity index is 2.09. The van der Waals surface area contributed by atoms with Gasteiger partial charge in [-0.2, -0.15) is 52.7 Å². The molecule has 4 aromatic carbocycles. The van der Waals surface area contributed by atoms with Gasteiger partial charge in [-0.15, -0.1) is 0 Å². The van der Waals surface area contributed by atoms with E-state index in [2.05, 4.69) is 0 Å². The Morgan fingerprint density at radius 2 is 0.415 bits per heavy atom. The average molecular weight is 611 g/mol. The van der Waals surface area contributed by atoms with Gasteiger partial charge in [-0.25, -0.2) is 0 Å². The first kappa shape index (κ1) is 30.4. The molecule has 0 atom stereocenters. The second-order valence-corrected chi connectivity index (χ2v) is 12.3. The lowest BCUT2D eigenvalue weighted by Crippen LogP contribution is -2.39. The molecular weight excluding hydrogens is 595 g/mol. The predicted molar refractivity (Wildman–Crippen MR) is 131 cm³/mol. The van der Waals surface area contributed by atoms with Gasteiger partial charge in [0.05, 0.1) is 22.3 Å². The maximum Gasteiger partial charge on any atom is 0.416 e. The van der Waals surface area contributed by atoms with Crippen molar-refractivity contribution >= 4 is 28.5 Å². The van der Waals surface area contributed by atoms with E-state index >= 15 is 0 Å². The van der Waals surface area contributed by atoms with Crippen LogP contribution in [0.2, 0.25) is 0 Å². The summed E-state index contributed by atoms with van der Waals surface area (Å²) in [4.78, 5) is 0. The summed E-state index contributed by atoms with van der Waals surface area (Å²) < 4.78 is 160. The number of hydrogen-bond donors (Lipinski definition) is 0. The average Bonchev–Trinajstić information content (AvgIpc) is 2.88. The quantitative estimate of drug-likeness (QED) is 0.161. The van der Waals surface area contributed by atoms with Gasteiger partial charge in [0.15, 0.2) is 0 Å². The number of benzene rings is 4. The highest BCUT2D eigenvalue weighted by Crippen LogP contribution is 2.55. The molecule has 0 amide bonds. The Bertz CT molecular complexity index is 1240. The molecule has 41 heavy (non-hydrogen) atoms. The Labute approximate surface area is 225 Å². The van der Waals surface area contributed by atoms with Gasteiger partial charge >= 0.3 is 24.7 Å². The van der Waals surface area contributed by atoms with Gasteiger partial charge in [0.25, 0.3) is 0 Å². The number of halogens is 12. The van der Waals surface area contributed by atoms with Crippen molar-refractivity contribution in [3.63, 3.8) is 0 Å². The van der Waals surface area contributed by atoms with Crippen LogP contribution >= 0.6 is 7.26 Å². The van der Waals surface area contributed by atoms with Gasteiger partial charge in [-0.3, -0.25) is 0 Å². The molecule has 0 saturated carbocycles. The van der Waals surface area contributed by atoms with Crippen molar-refractivity contribution in [2.45, 2.75) is 24.7 Å². The van der Waals surface area contributed by atoms with Gasteiger partial charge < -0.3 is 0 Å². The van der Waals surface area contributed by atoms with E-state index in [0.717, 1.165) is 48.5 Å². The maximum absolute atomic E-state index is 13.3. The fourth-order valence-electron chi connectivity index (χ4n) is 4.39. The van der Waals surface area contributed by atoms with Crippen molar-refractivity contribution in [1.29, 1.82) is 0 Å². The van der Waals surface area contributed by atoms with Crippen LogP contribution in [0.15, 0.2) is 97.1 Å². The minimum absolute atomic E-state index is 0.0600. The van der Waals surface area contributed by atoms with E-state index in [-0.39, 0.29) is 21.2 Å². The summed E-state index contributed by atoms with van der Waals surface area (Å²) in [5, 5.41) is 0.240. The fraction of sp³-hybridized carbons (Fsp3) is 0.143. The molecule has 0 unspecified atom stereocenters. The van der Waals surface area contributed by atoms with Crippen molar-refractivity contribution in [3.8, 4) is 0 Å². The predicted octanol–water partition coefficient (Wildman–Crippen LogP) is 8.38. The summed E-state index contributed by atoms with van der Waals surface area (Å²) in [6.07, 6.45) is -19.1. The molecule has 0 N–H and O–H groups in total. The van der Waals surface area contributed by atoms with Gasteiger partial charge in [0.2, 0.25) is 0 Å². The highest BCUT2D eigenvalue weighted by atomic mass is 31.2. The Kier molecular flexibility index (Phi) is 7.71. The minimum atomic E-state index is -4.77. The zero-order chi connectivity index (χ0) is 30.4. The third kappa shape index (κ3) is 6.07. The van der Waals surface area contributed by atoms with Crippen molar-refractivity contribution in [3.05, 3.63) is 119 Å². The topological polar surface area (TPSA) is 0 Å². The molecule has 4 aromatic rings. The van der Waals surface area contributed by atoms with Crippen molar-refractivity contribution in [1.82, 2.24) is 0 Å². The third-order valence-corrected chi connectivity index (χ3v) is 10.6. The van der Waals surface area contributed by atoms with Crippen LogP contribution < -0.4 is 21.2 Å². The monoisotopic (exact) mass is 611 g/mol. The molecule has 13 heteroatoms. The van der Waals surface area contributed by atoms with Crippen LogP contribution in [0.3, 0.4) is 0 Å². The summed E-state index contributed by atoms with van der Waals surface area (Å²) in [6.45, 7) is 0. The van der Waals surface area contributed by atoms with Crippen LogP contribution in [-0.2, 0) is 24.7 Å². The molecule has 4 rings (SSSR count). The smallest absolute Gasteiger partial charge is 0.166 e. The van der Waals surface area contributed by atoms with Crippen molar-refractivity contribution in [2.75, 3.05) is 0 Å². The molecule has 0 fully saturated rings. The van der Waals surface area contributed by atoms with E-state index in [0.29, 0.717) is 48.5 Å². The maximum atomic E-state index is 13.3. The molecule has 0 nitrogen and oxygen atoms in total. The first-order valence-electron chi connectivity index (χ1n) is 11.4. The fourth-order valence-corrected chi connectivity index (χ4v) is 8.56. The Morgan fingerprint density at radius 1 is 0.268 bits per heavy atom. The highest BCUT2D eigenvalue weighted by molar-refractivity contribution is 8.01. The molecule has 0 aliphatic heterocycles. The van der Waals surface area contributed by atoms with Crippen LogP contribution in [0.25, 0.3) is 0 Å². The van der Waals surface area contributed by atoms with E-state index in [4.69, 9.17) is 0 Å². The number of rotatable bonds is 4. The van der Waals surface area contributed by atoms with Gasteiger partial charge in [0.1, 0.15) is 28.5 Å². The number of hydrogen-bond acceptors (Lipinski definition) is 0. The molecular formula is C28H16F12P+. The van der Waals surface area contributed by atoms with Crippen LogP contribution in [0.1, 0.15) is 22.3 Å². The lowest BCUT2D eigenvalue weighted by Gasteiger charge is -2.28. The largest absolute Gasteiger partial charge is 0.416 e. The van der Waals surface area contributed by atoms with Gasteiger partial charge in [-0.1, -0.05) is 0 Å². The van der Waals surface area contributed by atoms with Gasteiger partial charge in [0, 0.05) is 0 Å². The second-order valence-electron chi connectivity index (χ2n) is 8.85. The first-order valence-corrected chi connectivity index (χ1v) is 13.2. The lowest BCUT2D eigenvalue weighted by molar-refractivity contribution is -0.138. The van der Waals surface area contributed by atoms with Crippen LogP contribution in [0.4, 0.5) is 52.7 Å². The van der Waals surface area contributed by atoms with E-state index < -0.39 is 54.2 Å². The van der Waals surface area contributed by atoms with E-state index in [1.54, 1.807) is 0 Å². The van der Waals surface area contributed by atoms with Crippen molar-refractivity contribution < 1.29 is 52.7 Å². The van der Waals surface area contributed by atoms with Crippen LogP contribution in [-0.4, -0.2) is 0 Å². The first-order chi connectivity index (χ1) is 18.8. The zero-order valence-electron chi connectivity index (χ0n) is 20.2. The zero-order valence-corrected chi connectivity index (χ0v) is 21.1. The van der Waals surface area contributed by atoms with Gasteiger partial charge in [-0.05, 0) is 97.1 Å². The standard InChI is InChI=1S/C28H16F12P/c29-25(30,31)17-1-9-21(10-2-17)41(22-11-3-18(4-12-22)26(32,33)34,23-13-5-19(6-14-23)27(35,36)37)24-15-7-20(8-16-24)28(38,39)40/h1-16H/q+1. The lowest BCUT2D eigenvalue weighted by atomic mass is 10.2. The van der Waals surface area contributed by atoms with Crippen LogP contribution in [0.5, 0.6) is 0 Å². The second kappa shape index (κ2) is 10.4. The molecule has 0 bridgehead atoms. The molecule has 0 aromatic heterocycles. The van der Waals surface area contributed by atoms with Crippen molar-refractivity contribution in [2.24, 2.45) is 0 Å². The summed E-state index contributed by atoms with van der Waals surface area (Å²) in [5.74, 6) is 0. The van der Waals surface area contributed by atoms with E-state index in [9.17, 15) is 52.7 Å². The third-order valence-electron chi connectivity index (χ3n) is 6.33. The Hall–Kier alpha value is -3.53. The molecule has 0 spiro atoms. The van der Waals surface area contributed by atoms with Crippen LogP contribution in [0, 0.1) is 0 Å². The molecule has 0 heterocycles. The highest BCUT2D eigenvalue weighted by Gasteiger charge is 2.49. The minimum Gasteiger partial charge on any atom is -0.166 e. The summed E-state index contributed by atoms with van der Waals surface area (Å²) in [7, 11) is -3.66. The molecule has 0 saturated heterocycles. The molecule has 0 radical (unpaired) electrons. The summed E-state index contributed by atoms with van der Waals surface area (Å²) in [6, 6.07) is 13.8.